The van der Waals surface area contributed by atoms with E-state index in [0.29, 0.717) is 11.3 Å². The van der Waals surface area contributed by atoms with Crippen LogP contribution < -0.4 is 15.2 Å². The van der Waals surface area contributed by atoms with Crippen LogP contribution in [0.25, 0.3) is 0 Å². The number of aryl methyl sites for hydroxylation is 1. The maximum absolute atomic E-state index is 11.9. The maximum Gasteiger partial charge on any atom is 0.347 e. The first-order valence-electron chi connectivity index (χ1n) is 7.98. The fourth-order valence-electron chi connectivity index (χ4n) is 2.19. The average molecular weight is 392 g/mol. The Morgan fingerprint density at radius 2 is 1.81 bits per heavy atom. The molecule has 0 spiro atoms. The smallest absolute Gasteiger partial charge is 0.347 e. The minimum Gasteiger partial charge on any atom is -0.479 e. The van der Waals surface area contributed by atoms with Gasteiger partial charge in [0.05, 0.1) is 4.90 Å². The summed E-state index contributed by atoms with van der Waals surface area (Å²) in [7, 11) is -3.91. The lowest BCUT2D eigenvalue weighted by Gasteiger charge is -2.14. The van der Waals surface area contributed by atoms with Gasteiger partial charge in [0.15, 0.2) is 12.7 Å². The lowest BCUT2D eigenvalue weighted by Crippen LogP contribution is -2.29. The minimum absolute atomic E-state index is 0.0952. The molecule has 0 aliphatic rings. The molecule has 8 nitrogen and oxygen atoms in total. The van der Waals surface area contributed by atoms with E-state index < -0.39 is 34.6 Å². The summed E-state index contributed by atoms with van der Waals surface area (Å²) in [6.07, 6.45) is -0.895. The number of hydrogen-bond donors (Lipinski definition) is 2. The van der Waals surface area contributed by atoms with Crippen molar-refractivity contribution in [2.75, 3.05) is 11.9 Å². The Kier molecular flexibility index (Phi) is 6.54. The number of anilines is 1. The zero-order valence-electron chi connectivity index (χ0n) is 14.8. The Bertz CT molecular complexity index is 928. The molecule has 3 N–H and O–H groups in total. The Morgan fingerprint density at radius 1 is 1.15 bits per heavy atom. The van der Waals surface area contributed by atoms with Gasteiger partial charge in [-0.15, -0.1) is 0 Å². The summed E-state index contributed by atoms with van der Waals surface area (Å²) in [4.78, 5) is 23.8. The van der Waals surface area contributed by atoms with Crippen LogP contribution in [-0.2, 0) is 24.3 Å². The number of esters is 1. The van der Waals surface area contributed by atoms with E-state index in [0.717, 1.165) is 0 Å². The number of nitrogens with one attached hydrogen (secondary N) is 1. The van der Waals surface area contributed by atoms with Crippen LogP contribution in [0.4, 0.5) is 5.69 Å². The molecule has 0 aliphatic carbocycles. The second kappa shape index (κ2) is 8.65. The zero-order valence-corrected chi connectivity index (χ0v) is 15.7. The third-order valence-electron chi connectivity index (χ3n) is 3.51. The number of primary sulfonamides is 1. The molecule has 1 atom stereocenters. The molecular formula is C18H20N2O6S. The van der Waals surface area contributed by atoms with Crippen LogP contribution in [0.15, 0.2) is 53.4 Å². The Balaban J connectivity index is 1.90. The fourth-order valence-corrected chi connectivity index (χ4v) is 2.99. The van der Waals surface area contributed by atoms with Crippen LogP contribution >= 0.6 is 0 Å². The monoisotopic (exact) mass is 392 g/mol. The Labute approximate surface area is 157 Å². The van der Waals surface area contributed by atoms with Gasteiger partial charge in [0.2, 0.25) is 10.0 Å². The van der Waals surface area contributed by atoms with E-state index in [1.807, 2.05) is 6.07 Å². The van der Waals surface area contributed by atoms with E-state index in [1.165, 1.54) is 25.1 Å². The van der Waals surface area contributed by atoms with Crippen molar-refractivity contribution < 1.29 is 27.5 Å². The third kappa shape index (κ3) is 6.08. The fraction of sp³-hybridized carbons (Fsp3) is 0.222. The average Bonchev–Trinajstić information content (AvgIpc) is 2.61. The number of ether oxygens (including phenoxy) is 2. The number of benzene rings is 2. The molecule has 1 unspecified atom stereocenters. The molecular weight excluding hydrogens is 372 g/mol. The molecule has 27 heavy (non-hydrogen) atoms. The number of amides is 1. The molecule has 0 saturated heterocycles. The molecule has 0 heterocycles. The van der Waals surface area contributed by atoms with Gasteiger partial charge in [-0.05, 0) is 43.7 Å². The van der Waals surface area contributed by atoms with Gasteiger partial charge < -0.3 is 14.8 Å². The van der Waals surface area contributed by atoms with Crippen molar-refractivity contribution in [3.8, 4) is 5.75 Å². The normalized spacial score (nSPS) is 12.1. The second-order valence-corrected chi connectivity index (χ2v) is 7.28. The Morgan fingerprint density at radius 3 is 2.44 bits per heavy atom. The summed E-state index contributed by atoms with van der Waals surface area (Å²) in [6.45, 7) is 2.55. The quantitative estimate of drug-likeness (QED) is 0.690. The van der Waals surface area contributed by atoms with Crippen LogP contribution in [0.1, 0.15) is 12.5 Å². The van der Waals surface area contributed by atoms with Crippen molar-refractivity contribution >= 4 is 27.6 Å². The van der Waals surface area contributed by atoms with Crippen LogP contribution in [0.3, 0.4) is 0 Å². The minimum atomic E-state index is -3.91. The zero-order chi connectivity index (χ0) is 20.0. The highest BCUT2D eigenvalue weighted by molar-refractivity contribution is 7.89. The van der Waals surface area contributed by atoms with E-state index in [2.05, 4.69) is 5.32 Å². The van der Waals surface area contributed by atoms with Crippen molar-refractivity contribution in [1.29, 1.82) is 0 Å². The molecule has 0 aliphatic heterocycles. The molecule has 1 amide bonds. The Hall–Kier alpha value is -2.91. The van der Waals surface area contributed by atoms with Crippen molar-refractivity contribution in [3.05, 3.63) is 54.1 Å². The summed E-state index contributed by atoms with van der Waals surface area (Å²) in [6, 6.07) is 13.0. The molecule has 0 aromatic heterocycles. The van der Waals surface area contributed by atoms with E-state index in [4.69, 9.17) is 14.6 Å². The summed E-state index contributed by atoms with van der Waals surface area (Å²) in [5.41, 5.74) is 0.674. The highest BCUT2D eigenvalue weighted by Crippen LogP contribution is 2.19. The number of nitrogens with two attached hydrogens (primary N) is 1. The van der Waals surface area contributed by atoms with E-state index in [9.17, 15) is 18.0 Å². The number of rotatable bonds is 7. The second-order valence-electron chi connectivity index (χ2n) is 5.75. The molecule has 0 radical (unpaired) electrons. The van der Waals surface area contributed by atoms with Gasteiger partial charge in [-0.1, -0.05) is 24.3 Å². The molecule has 0 saturated carbocycles. The van der Waals surface area contributed by atoms with Gasteiger partial charge in [-0.2, -0.15) is 0 Å². The summed E-state index contributed by atoms with van der Waals surface area (Å²) in [5, 5.41) is 7.58. The predicted octanol–water partition coefficient (Wildman–Crippen LogP) is 1.59. The SMILES string of the molecule is Cc1ccc(NC(=O)COC(=O)C(C)Oc2ccccc2)cc1S(N)(=O)=O. The first kappa shape index (κ1) is 20.4. The van der Waals surface area contributed by atoms with Gasteiger partial charge in [-0.25, -0.2) is 18.4 Å². The summed E-state index contributed by atoms with van der Waals surface area (Å²) in [5.74, 6) is -0.829. The van der Waals surface area contributed by atoms with E-state index in [1.54, 1.807) is 31.2 Å². The molecule has 0 fully saturated rings. The summed E-state index contributed by atoms with van der Waals surface area (Å²) < 4.78 is 33.3. The largest absolute Gasteiger partial charge is 0.479 e. The van der Waals surface area contributed by atoms with E-state index >= 15 is 0 Å². The van der Waals surface area contributed by atoms with Crippen molar-refractivity contribution in [3.63, 3.8) is 0 Å². The molecule has 2 aromatic carbocycles. The first-order chi connectivity index (χ1) is 12.7. The standard InChI is InChI=1S/C18H20N2O6S/c1-12-8-9-14(10-16(12)27(19,23)24)20-17(21)11-25-18(22)13(2)26-15-6-4-3-5-7-15/h3-10,13H,11H2,1-2H3,(H,20,21)(H2,19,23,24). The number of hydrogen-bond acceptors (Lipinski definition) is 6. The van der Waals surface area contributed by atoms with Crippen LogP contribution in [-0.4, -0.2) is 33.0 Å². The van der Waals surface area contributed by atoms with Gasteiger partial charge in [0.1, 0.15) is 5.75 Å². The third-order valence-corrected chi connectivity index (χ3v) is 4.56. The van der Waals surface area contributed by atoms with Gasteiger partial charge in [0, 0.05) is 5.69 Å². The molecule has 2 rings (SSSR count). The number of carbonyl (C=O) groups excluding carboxylic acids is 2. The van der Waals surface area contributed by atoms with E-state index in [-0.39, 0.29) is 10.6 Å². The van der Waals surface area contributed by atoms with Gasteiger partial charge in [-0.3, -0.25) is 4.79 Å². The first-order valence-corrected chi connectivity index (χ1v) is 9.53. The van der Waals surface area contributed by atoms with Crippen LogP contribution in [0, 0.1) is 6.92 Å². The lowest BCUT2D eigenvalue weighted by molar-refractivity contribution is -0.153. The van der Waals surface area contributed by atoms with Crippen molar-refractivity contribution in [1.82, 2.24) is 0 Å². The number of carbonyl (C=O) groups is 2. The van der Waals surface area contributed by atoms with Crippen LogP contribution in [0.2, 0.25) is 0 Å². The maximum atomic E-state index is 11.9. The highest BCUT2D eigenvalue weighted by atomic mass is 32.2. The van der Waals surface area contributed by atoms with Gasteiger partial charge >= 0.3 is 5.97 Å². The van der Waals surface area contributed by atoms with Crippen LogP contribution in [0.5, 0.6) is 5.75 Å². The predicted molar refractivity (Wildman–Crippen MR) is 98.7 cm³/mol. The number of sulfonamides is 1. The number of para-hydroxylation sites is 1. The molecule has 2 aromatic rings. The summed E-state index contributed by atoms with van der Waals surface area (Å²) >= 11 is 0. The highest BCUT2D eigenvalue weighted by Gasteiger charge is 2.18. The van der Waals surface area contributed by atoms with Crippen molar-refractivity contribution in [2.24, 2.45) is 5.14 Å². The molecule has 9 heteroatoms. The van der Waals surface area contributed by atoms with Gasteiger partial charge in [0.25, 0.3) is 5.91 Å². The molecule has 144 valence electrons. The molecule has 0 bridgehead atoms. The topological polar surface area (TPSA) is 125 Å². The van der Waals surface area contributed by atoms with Crippen molar-refractivity contribution in [2.45, 2.75) is 24.8 Å². The lowest BCUT2D eigenvalue weighted by atomic mass is 10.2.